The summed E-state index contributed by atoms with van der Waals surface area (Å²) in [6.07, 6.45) is 4.56. The third kappa shape index (κ3) is 4.00. The topological polar surface area (TPSA) is 120 Å². The highest BCUT2D eigenvalue weighted by molar-refractivity contribution is 5.88. The van der Waals surface area contributed by atoms with Gasteiger partial charge in [0.05, 0.1) is 11.4 Å². The minimum Gasteiger partial charge on any atom is -0.507 e. The number of phenolic OH excluding ortho intramolecular Hbond substituents is 1. The van der Waals surface area contributed by atoms with Gasteiger partial charge in [-0.05, 0) is 49.3 Å². The van der Waals surface area contributed by atoms with Crippen molar-refractivity contribution in [2.24, 2.45) is 10.2 Å². The van der Waals surface area contributed by atoms with Crippen LogP contribution < -0.4 is 5.56 Å². The van der Waals surface area contributed by atoms with E-state index in [2.05, 4.69) is 15.3 Å². The standard InChI is InChI=1S/C24H21FN4O4/c1-14-9-10-17(12-19(14)25)29-22(31)21(15(2)27-29)26-28-24(23(32)33)11-5-6-16(13-24)18-7-3-4-8-20(18)30/h3-12,27,30H,13H2,1-2H3,(H,32,33). The van der Waals surface area contributed by atoms with Crippen molar-refractivity contribution >= 4 is 17.2 Å². The lowest BCUT2D eigenvalue weighted by atomic mass is 9.84. The first-order valence-corrected chi connectivity index (χ1v) is 10.1. The lowest BCUT2D eigenvalue weighted by molar-refractivity contribution is -0.141. The number of hydrogen-bond donors (Lipinski definition) is 3. The number of hydrogen-bond acceptors (Lipinski definition) is 5. The highest BCUT2D eigenvalue weighted by atomic mass is 19.1. The van der Waals surface area contributed by atoms with Gasteiger partial charge < -0.3 is 10.2 Å². The second-order valence-electron chi connectivity index (χ2n) is 7.83. The number of carboxylic acid groups (broad SMARTS) is 1. The maximum Gasteiger partial charge on any atom is 0.337 e. The number of para-hydroxylation sites is 1. The molecular weight excluding hydrogens is 427 g/mol. The van der Waals surface area contributed by atoms with Gasteiger partial charge in [-0.25, -0.2) is 13.9 Å². The Balaban J connectivity index is 1.71. The molecule has 0 bridgehead atoms. The van der Waals surface area contributed by atoms with E-state index in [1.807, 2.05) is 0 Å². The van der Waals surface area contributed by atoms with Crippen molar-refractivity contribution < 1.29 is 19.4 Å². The van der Waals surface area contributed by atoms with E-state index in [1.165, 1.54) is 24.3 Å². The van der Waals surface area contributed by atoms with Crippen LogP contribution in [0.15, 0.2) is 75.7 Å². The molecule has 0 amide bonds. The zero-order chi connectivity index (χ0) is 23.8. The number of azo groups is 1. The van der Waals surface area contributed by atoms with Crippen LogP contribution >= 0.6 is 0 Å². The number of nitrogens with one attached hydrogen (secondary N) is 1. The summed E-state index contributed by atoms with van der Waals surface area (Å²) >= 11 is 0. The monoisotopic (exact) mass is 448 g/mol. The summed E-state index contributed by atoms with van der Waals surface area (Å²) in [7, 11) is 0. The van der Waals surface area contributed by atoms with Gasteiger partial charge in [0.2, 0.25) is 5.54 Å². The molecule has 8 nitrogen and oxygen atoms in total. The lowest BCUT2D eigenvalue weighted by Gasteiger charge is -2.24. The van der Waals surface area contributed by atoms with E-state index >= 15 is 0 Å². The number of benzene rings is 2. The number of carbonyl (C=O) groups is 1. The van der Waals surface area contributed by atoms with E-state index in [4.69, 9.17) is 0 Å². The average Bonchev–Trinajstić information content (AvgIpc) is 3.08. The molecule has 0 saturated heterocycles. The number of aryl methyl sites for hydroxylation is 2. The SMILES string of the molecule is Cc1ccc(-n2[nH]c(C)c(N=NC3(C(=O)O)C=CC=C(c4ccccc4O)C3)c2=O)cc1F. The Labute approximate surface area is 188 Å². The fourth-order valence-corrected chi connectivity index (χ4v) is 3.62. The first-order chi connectivity index (χ1) is 15.7. The van der Waals surface area contributed by atoms with Crippen LogP contribution in [0.4, 0.5) is 10.1 Å². The summed E-state index contributed by atoms with van der Waals surface area (Å²) < 4.78 is 15.1. The van der Waals surface area contributed by atoms with Gasteiger partial charge in [-0.15, -0.1) is 5.11 Å². The lowest BCUT2D eigenvalue weighted by Crippen LogP contribution is -2.35. The van der Waals surface area contributed by atoms with Crippen molar-refractivity contribution in [2.45, 2.75) is 25.8 Å². The second kappa shape index (κ2) is 8.34. The average molecular weight is 448 g/mol. The van der Waals surface area contributed by atoms with E-state index in [-0.39, 0.29) is 23.5 Å². The zero-order valence-corrected chi connectivity index (χ0v) is 17.9. The molecule has 33 heavy (non-hydrogen) atoms. The number of aromatic nitrogens is 2. The second-order valence-corrected chi connectivity index (χ2v) is 7.83. The van der Waals surface area contributed by atoms with Gasteiger partial charge in [0.25, 0.3) is 5.56 Å². The van der Waals surface area contributed by atoms with Gasteiger partial charge in [0.1, 0.15) is 11.6 Å². The van der Waals surface area contributed by atoms with Gasteiger partial charge in [0.15, 0.2) is 5.69 Å². The molecule has 0 saturated carbocycles. The molecule has 4 rings (SSSR count). The van der Waals surface area contributed by atoms with E-state index in [0.29, 0.717) is 22.4 Å². The molecule has 168 valence electrons. The summed E-state index contributed by atoms with van der Waals surface area (Å²) in [5.41, 5.74) is -0.302. The van der Waals surface area contributed by atoms with E-state index in [1.54, 1.807) is 50.3 Å². The molecule has 1 unspecified atom stereocenters. The van der Waals surface area contributed by atoms with Gasteiger partial charge in [-0.1, -0.05) is 36.4 Å². The molecule has 0 radical (unpaired) electrons. The number of carboxylic acids is 1. The van der Waals surface area contributed by atoms with Gasteiger partial charge in [-0.3, -0.25) is 9.89 Å². The third-order valence-electron chi connectivity index (χ3n) is 5.53. The van der Waals surface area contributed by atoms with Crippen molar-refractivity contribution in [3.05, 3.63) is 93.7 Å². The van der Waals surface area contributed by atoms with Crippen LogP contribution in [0.2, 0.25) is 0 Å². The van der Waals surface area contributed by atoms with E-state index < -0.39 is 22.9 Å². The normalized spacial score (nSPS) is 18.0. The van der Waals surface area contributed by atoms with Gasteiger partial charge >= 0.3 is 5.97 Å². The fraction of sp³-hybridized carbons (Fsp3) is 0.167. The molecule has 2 aromatic carbocycles. The molecule has 3 N–H and O–H groups in total. The van der Waals surface area contributed by atoms with Crippen LogP contribution in [0.3, 0.4) is 0 Å². The number of rotatable bonds is 5. The number of H-pyrrole nitrogens is 1. The molecular formula is C24H21FN4O4. The molecule has 9 heteroatoms. The number of aromatic amines is 1. The minimum atomic E-state index is -1.76. The molecule has 1 heterocycles. The van der Waals surface area contributed by atoms with E-state index in [9.17, 15) is 24.2 Å². The summed E-state index contributed by atoms with van der Waals surface area (Å²) in [6, 6.07) is 11.0. The Morgan fingerprint density at radius 2 is 1.97 bits per heavy atom. The predicted molar refractivity (Wildman–Crippen MR) is 121 cm³/mol. The first kappa shape index (κ1) is 21.9. The molecule has 3 aromatic rings. The van der Waals surface area contributed by atoms with Gasteiger partial charge in [-0.2, -0.15) is 5.11 Å². The molecule has 0 aliphatic heterocycles. The Bertz CT molecular complexity index is 1400. The van der Waals surface area contributed by atoms with Crippen LogP contribution in [0.1, 0.15) is 23.2 Å². The summed E-state index contributed by atoms with van der Waals surface area (Å²) in [6.45, 7) is 3.21. The molecule has 1 aliphatic carbocycles. The van der Waals surface area contributed by atoms with Crippen molar-refractivity contribution in [1.82, 2.24) is 9.78 Å². The number of allylic oxidation sites excluding steroid dienone is 2. The number of nitrogens with zero attached hydrogens (tertiary/aromatic N) is 3. The van der Waals surface area contributed by atoms with Crippen LogP contribution in [0.5, 0.6) is 5.75 Å². The van der Waals surface area contributed by atoms with Crippen LogP contribution in [0.25, 0.3) is 11.3 Å². The quantitative estimate of drug-likeness (QED) is 0.495. The minimum absolute atomic E-state index is 0.0185. The Morgan fingerprint density at radius 1 is 1.21 bits per heavy atom. The third-order valence-corrected chi connectivity index (χ3v) is 5.53. The maximum absolute atomic E-state index is 14.0. The number of phenols is 1. The maximum atomic E-state index is 14.0. The summed E-state index contributed by atoms with van der Waals surface area (Å²) in [5.74, 6) is -1.70. The Morgan fingerprint density at radius 3 is 2.67 bits per heavy atom. The Kier molecular flexibility index (Phi) is 5.55. The number of aliphatic carboxylic acids is 1. The summed E-state index contributed by atoms with van der Waals surface area (Å²) in [4.78, 5) is 25.1. The highest BCUT2D eigenvalue weighted by Crippen LogP contribution is 2.37. The van der Waals surface area contributed by atoms with Gasteiger partial charge in [0, 0.05) is 12.0 Å². The summed E-state index contributed by atoms with van der Waals surface area (Å²) in [5, 5.41) is 31.0. The zero-order valence-electron chi connectivity index (χ0n) is 17.9. The highest BCUT2D eigenvalue weighted by Gasteiger charge is 2.39. The largest absolute Gasteiger partial charge is 0.507 e. The fourth-order valence-electron chi connectivity index (χ4n) is 3.62. The first-order valence-electron chi connectivity index (χ1n) is 10.1. The van der Waals surface area contributed by atoms with Crippen molar-refractivity contribution in [1.29, 1.82) is 0 Å². The van der Waals surface area contributed by atoms with Crippen molar-refractivity contribution in [3.63, 3.8) is 0 Å². The predicted octanol–water partition coefficient (Wildman–Crippen LogP) is 4.58. The van der Waals surface area contributed by atoms with Crippen LogP contribution in [-0.2, 0) is 4.79 Å². The molecule has 0 spiro atoms. The smallest absolute Gasteiger partial charge is 0.337 e. The van der Waals surface area contributed by atoms with Crippen molar-refractivity contribution in [3.8, 4) is 11.4 Å². The Hall–Kier alpha value is -4.27. The molecule has 1 aliphatic rings. The van der Waals surface area contributed by atoms with Crippen LogP contribution in [0, 0.1) is 19.7 Å². The number of halogens is 1. The molecule has 1 aromatic heterocycles. The molecule has 0 fully saturated rings. The number of aromatic hydroxyl groups is 1. The van der Waals surface area contributed by atoms with Crippen LogP contribution in [-0.4, -0.2) is 31.5 Å². The van der Waals surface area contributed by atoms with Crippen molar-refractivity contribution in [2.75, 3.05) is 0 Å². The van der Waals surface area contributed by atoms with E-state index in [0.717, 1.165) is 4.68 Å². The molecule has 1 atom stereocenters.